The average Bonchev–Trinajstić information content (AvgIpc) is 2.86. The molecule has 1 aromatic rings. The lowest BCUT2D eigenvalue weighted by atomic mass is 10.1. The normalized spacial score (nSPS) is 25.9. The molecule has 5 heteroatoms. The van der Waals surface area contributed by atoms with Crippen LogP contribution in [0.5, 0.6) is 0 Å². The van der Waals surface area contributed by atoms with E-state index in [2.05, 4.69) is 35.8 Å². The molecule has 2 unspecified atom stereocenters. The third kappa shape index (κ3) is 2.63. The first-order valence-corrected chi connectivity index (χ1v) is 6.85. The number of aromatic nitrogens is 3. The summed E-state index contributed by atoms with van der Waals surface area (Å²) >= 11 is 6.06. The van der Waals surface area contributed by atoms with Crippen LogP contribution in [-0.4, -0.2) is 38.1 Å². The Kier molecular flexibility index (Phi) is 4.05. The first kappa shape index (κ1) is 12.8. The predicted octanol–water partition coefficient (Wildman–Crippen LogP) is 2.31. The maximum Gasteiger partial charge on any atom is 0.141 e. The molecule has 96 valence electrons. The van der Waals surface area contributed by atoms with E-state index in [1.54, 1.807) is 6.33 Å². The van der Waals surface area contributed by atoms with Crippen LogP contribution in [0.15, 0.2) is 6.33 Å². The fraction of sp³-hybridized carbons (Fsp3) is 0.833. The lowest BCUT2D eigenvalue weighted by Gasteiger charge is -2.24. The zero-order chi connectivity index (χ0) is 12.4. The van der Waals surface area contributed by atoms with E-state index < -0.39 is 0 Å². The summed E-state index contributed by atoms with van der Waals surface area (Å²) in [6, 6.07) is 0.843. The summed E-state index contributed by atoms with van der Waals surface area (Å²) in [6.07, 6.45) is 2.87. The second-order valence-corrected chi connectivity index (χ2v) is 5.48. The molecule has 4 nitrogen and oxygen atoms in total. The Morgan fingerprint density at radius 1 is 1.53 bits per heavy atom. The fourth-order valence-electron chi connectivity index (χ4n) is 2.53. The van der Waals surface area contributed by atoms with Crippen molar-refractivity contribution in [3.8, 4) is 0 Å². The molecule has 0 bridgehead atoms. The van der Waals surface area contributed by atoms with Gasteiger partial charge in [-0.05, 0) is 32.7 Å². The van der Waals surface area contributed by atoms with E-state index in [-0.39, 0.29) is 0 Å². The van der Waals surface area contributed by atoms with Crippen molar-refractivity contribution in [2.24, 2.45) is 5.92 Å². The van der Waals surface area contributed by atoms with Crippen LogP contribution in [0.1, 0.15) is 39.1 Å². The second kappa shape index (κ2) is 5.36. The van der Waals surface area contributed by atoms with Crippen LogP contribution in [0.2, 0.25) is 0 Å². The summed E-state index contributed by atoms with van der Waals surface area (Å²) in [4.78, 5) is 6.79. The van der Waals surface area contributed by atoms with Crippen molar-refractivity contribution >= 4 is 11.6 Å². The molecular formula is C12H21ClN4. The lowest BCUT2D eigenvalue weighted by Crippen LogP contribution is -2.34. The molecule has 0 aliphatic carbocycles. The van der Waals surface area contributed by atoms with Crippen LogP contribution in [0.25, 0.3) is 0 Å². The number of halogens is 1. The van der Waals surface area contributed by atoms with Crippen LogP contribution in [0.3, 0.4) is 0 Å². The largest absolute Gasteiger partial charge is 0.291 e. The summed E-state index contributed by atoms with van der Waals surface area (Å²) < 4.78 is 1.99. The molecule has 1 aliphatic heterocycles. The van der Waals surface area contributed by atoms with E-state index in [0.29, 0.717) is 23.9 Å². The van der Waals surface area contributed by atoms with Gasteiger partial charge in [0.2, 0.25) is 0 Å². The van der Waals surface area contributed by atoms with Gasteiger partial charge in [0.05, 0.1) is 6.54 Å². The van der Waals surface area contributed by atoms with Crippen LogP contribution in [0.4, 0.5) is 0 Å². The molecule has 0 amide bonds. The van der Waals surface area contributed by atoms with Gasteiger partial charge >= 0.3 is 0 Å². The first-order valence-electron chi connectivity index (χ1n) is 6.32. The van der Waals surface area contributed by atoms with Gasteiger partial charge in [-0.2, -0.15) is 5.10 Å². The number of rotatable bonds is 4. The molecule has 0 N–H and O–H groups in total. The minimum Gasteiger partial charge on any atom is -0.291 e. The number of likely N-dealkylation sites (tertiary alicyclic amines) is 1. The van der Waals surface area contributed by atoms with Gasteiger partial charge in [0.25, 0.3) is 0 Å². The van der Waals surface area contributed by atoms with Crippen LogP contribution in [0, 0.1) is 5.92 Å². The van der Waals surface area contributed by atoms with Crippen molar-refractivity contribution < 1.29 is 0 Å². The minimum atomic E-state index is 0.363. The summed E-state index contributed by atoms with van der Waals surface area (Å²) in [5.74, 6) is 2.43. The average molecular weight is 257 g/mol. The van der Waals surface area contributed by atoms with Gasteiger partial charge in [-0.15, -0.1) is 11.6 Å². The lowest BCUT2D eigenvalue weighted by molar-refractivity contribution is 0.230. The number of nitrogens with zero attached hydrogens (tertiary/aromatic N) is 4. The monoisotopic (exact) mass is 256 g/mol. The molecule has 2 rings (SSSR count). The first-order chi connectivity index (χ1) is 8.13. The number of alkyl halides is 1. The summed E-state index contributed by atoms with van der Waals surface area (Å²) in [6.45, 7) is 8.51. The van der Waals surface area contributed by atoms with Crippen molar-refractivity contribution in [1.29, 1.82) is 0 Å². The Bertz CT molecular complexity index is 363. The maximum absolute atomic E-state index is 6.06. The SMILES string of the molecule is CC1CCN(Cc2ncnn2C(C)C)C1CCl. The molecule has 0 aromatic carbocycles. The van der Waals surface area contributed by atoms with E-state index in [1.165, 1.54) is 6.42 Å². The van der Waals surface area contributed by atoms with Gasteiger partial charge in [-0.1, -0.05) is 6.92 Å². The number of hydrogen-bond acceptors (Lipinski definition) is 3. The Hall–Kier alpha value is -0.610. The van der Waals surface area contributed by atoms with Gasteiger partial charge < -0.3 is 0 Å². The molecule has 1 saturated heterocycles. The Morgan fingerprint density at radius 3 is 2.94 bits per heavy atom. The van der Waals surface area contributed by atoms with Gasteiger partial charge in [0, 0.05) is 18.0 Å². The second-order valence-electron chi connectivity index (χ2n) is 5.17. The fourth-order valence-corrected chi connectivity index (χ4v) is 3.03. The van der Waals surface area contributed by atoms with E-state index in [9.17, 15) is 0 Å². The molecule has 1 aromatic heterocycles. The molecule has 0 radical (unpaired) electrons. The van der Waals surface area contributed by atoms with Crippen LogP contribution in [-0.2, 0) is 6.54 Å². The van der Waals surface area contributed by atoms with E-state index in [1.807, 2.05) is 4.68 Å². The Balaban J connectivity index is 2.08. The van der Waals surface area contributed by atoms with Crippen LogP contribution >= 0.6 is 11.6 Å². The number of hydrogen-bond donors (Lipinski definition) is 0. The van der Waals surface area contributed by atoms with Gasteiger partial charge in [0.1, 0.15) is 12.2 Å². The maximum atomic E-state index is 6.06. The highest BCUT2D eigenvalue weighted by atomic mass is 35.5. The molecular weight excluding hydrogens is 236 g/mol. The summed E-state index contributed by atoms with van der Waals surface area (Å²) in [5.41, 5.74) is 0. The predicted molar refractivity (Wildman–Crippen MR) is 69.1 cm³/mol. The van der Waals surface area contributed by atoms with Crippen molar-refractivity contribution in [1.82, 2.24) is 19.7 Å². The van der Waals surface area contributed by atoms with Crippen LogP contribution < -0.4 is 0 Å². The van der Waals surface area contributed by atoms with E-state index in [0.717, 1.165) is 18.9 Å². The van der Waals surface area contributed by atoms with Gasteiger partial charge in [-0.3, -0.25) is 4.90 Å². The van der Waals surface area contributed by atoms with Crippen molar-refractivity contribution in [3.63, 3.8) is 0 Å². The molecule has 1 fully saturated rings. The van der Waals surface area contributed by atoms with Crippen molar-refractivity contribution in [2.45, 2.75) is 45.8 Å². The topological polar surface area (TPSA) is 34.0 Å². The van der Waals surface area contributed by atoms with Gasteiger partial charge in [-0.25, -0.2) is 9.67 Å². The third-order valence-electron chi connectivity index (χ3n) is 3.64. The third-order valence-corrected chi connectivity index (χ3v) is 3.95. The quantitative estimate of drug-likeness (QED) is 0.776. The molecule has 2 heterocycles. The molecule has 17 heavy (non-hydrogen) atoms. The van der Waals surface area contributed by atoms with Gasteiger partial charge in [0.15, 0.2) is 0 Å². The standard InChI is InChI=1S/C12H21ClN4/c1-9(2)17-12(14-8-15-17)7-16-5-4-10(3)11(16)6-13/h8-11H,4-7H2,1-3H3. The highest BCUT2D eigenvalue weighted by molar-refractivity contribution is 6.18. The molecule has 0 saturated carbocycles. The molecule has 2 atom stereocenters. The minimum absolute atomic E-state index is 0.363. The Morgan fingerprint density at radius 2 is 2.29 bits per heavy atom. The molecule has 1 aliphatic rings. The molecule has 0 spiro atoms. The summed E-state index contributed by atoms with van der Waals surface area (Å²) in [7, 11) is 0. The van der Waals surface area contributed by atoms with E-state index >= 15 is 0 Å². The highest BCUT2D eigenvalue weighted by Crippen LogP contribution is 2.26. The summed E-state index contributed by atoms with van der Waals surface area (Å²) in [5, 5.41) is 4.27. The Labute approximate surface area is 108 Å². The zero-order valence-corrected chi connectivity index (χ0v) is 11.6. The van der Waals surface area contributed by atoms with Crippen molar-refractivity contribution in [3.05, 3.63) is 12.2 Å². The van der Waals surface area contributed by atoms with Crippen molar-refractivity contribution in [2.75, 3.05) is 12.4 Å². The highest BCUT2D eigenvalue weighted by Gasteiger charge is 2.31. The smallest absolute Gasteiger partial charge is 0.141 e. The zero-order valence-electron chi connectivity index (χ0n) is 10.8. The van der Waals surface area contributed by atoms with E-state index in [4.69, 9.17) is 11.6 Å².